The van der Waals surface area contributed by atoms with Crippen LogP contribution in [0.3, 0.4) is 0 Å². The first-order valence-electron chi connectivity index (χ1n) is 3.19. The van der Waals surface area contributed by atoms with E-state index >= 15 is 0 Å². The van der Waals surface area contributed by atoms with Crippen LogP contribution in [0, 0.1) is 5.92 Å². The van der Waals surface area contributed by atoms with Gasteiger partial charge in [0.25, 0.3) is 0 Å². The maximum Gasteiger partial charge on any atom is 0.164 e. The van der Waals surface area contributed by atoms with Crippen molar-refractivity contribution in [3.05, 3.63) is 0 Å². The highest BCUT2D eigenvalue weighted by Crippen LogP contribution is 1.86. The van der Waals surface area contributed by atoms with E-state index in [2.05, 4.69) is 19.2 Å². The van der Waals surface area contributed by atoms with Crippen molar-refractivity contribution in [3.63, 3.8) is 0 Å². The zero-order valence-electron chi connectivity index (χ0n) is 5.96. The smallest absolute Gasteiger partial charge is 0.164 e. The molecule has 0 heterocycles. The monoisotopic (exact) mass is 133 g/mol. The van der Waals surface area contributed by atoms with Gasteiger partial charge in [-0.05, 0) is 12.5 Å². The molecule has 0 saturated heterocycles. The highest BCUT2D eigenvalue weighted by molar-refractivity contribution is 4.50. The van der Waals surface area contributed by atoms with Crippen LogP contribution in [0.1, 0.15) is 13.8 Å². The van der Waals surface area contributed by atoms with Gasteiger partial charge in [0.1, 0.15) is 0 Å². The molecule has 0 amide bonds. The third-order valence-corrected chi connectivity index (χ3v) is 0.879. The molecule has 3 N–H and O–H groups in total. The molecule has 0 aromatic heterocycles. The molecule has 56 valence electrons. The number of aliphatic hydroxyl groups is 2. The third-order valence-electron chi connectivity index (χ3n) is 0.879. The van der Waals surface area contributed by atoms with Gasteiger partial charge in [0, 0.05) is 6.54 Å². The van der Waals surface area contributed by atoms with Crippen molar-refractivity contribution in [3.8, 4) is 0 Å². The van der Waals surface area contributed by atoms with Crippen molar-refractivity contribution in [1.29, 1.82) is 0 Å². The predicted molar refractivity (Wildman–Crippen MR) is 35.9 cm³/mol. The fraction of sp³-hybridized carbons (Fsp3) is 1.00. The lowest BCUT2D eigenvalue weighted by molar-refractivity contribution is -0.0373. The Bertz CT molecular complexity index is 56.1. The SMILES string of the molecule is CC(C)CNCC(O)O. The lowest BCUT2D eigenvalue weighted by atomic mass is 10.2. The van der Waals surface area contributed by atoms with Gasteiger partial charge in [-0.2, -0.15) is 0 Å². The summed E-state index contributed by atoms with van der Waals surface area (Å²) in [5.74, 6) is 0.559. The summed E-state index contributed by atoms with van der Waals surface area (Å²) in [5.41, 5.74) is 0. The molecule has 0 aliphatic rings. The molecular formula is C6H15NO2. The molecule has 9 heavy (non-hydrogen) atoms. The van der Waals surface area contributed by atoms with Crippen molar-refractivity contribution >= 4 is 0 Å². The van der Waals surface area contributed by atoms with Gasteiger partial charge >= 0.3 is 0 Å². The summed E-state index contributed by atoms with van der Waals surface area (Å²) in [6, 6.07) is 0. The van der Waals surface area contributed by atoms with Crippen LogP contribution in [0.2, 0.25) is 0 Å². The largest absolute Gasteiger partial charge is 0.367 e. The molecule has 0 atom stereocenters. The number of rotatable bonds is 4. The van der Waals surface area contributed by atoms with Crippen LogP contribution in [0.25, 0.3) is 0 Å². The summed E-state index contributed by atoms with van der Waals surface area (Å²) in [5, 5.41) is 19.6. The molecule has 0 rings (SSSR count). The number of hydrogen-bond donors (Lipinski definition) is 3. The molecule has 3 heteroatoms. The van der Waals surface area contributed by atoms with Gasteiger partial charge in [-0.15, -0.1) is 0 Å². The van der Waals surface area contributed by atoms with E-state index < -0.39 is 6.29 Å². The fourth-order valence-electron chi connectivity index (χ4n) is 0.501. The summed E-state index contributed by atoms with van der Waals surface area (Å²) in [6.45, 7) is 5.23. The van der Waals surface area contributed by atoms with Crippen LogP contribution >= 0.6 is 0 Å². The molecule has 0 bridgehead atoms. The molecule has 0 aromatic carbocycles. The first-order chi connectivity index (χ1) is 4.13. The van der Waals surface area contributed by atoms with Crippen LogP contribution in [-0.4, -0.2) is 29.6 Å². The molecule has 0 fully saturated rings. The van der Waals surface area contributed by atoms with E-state index in [1.807, 2.05) is 0 Å². The summed E-state index contributed by atoms with van der Waals surface area (Å²) in [4.78, 5) is 0. The second-order valence-electron chi connectivity index (χ2n) is 2.53. The average Bonchev–Trinajstić information content (AvgIpc) is 1.63. The number of nitrogens with one attached hydrogen (secondary N) is 1. The standard InChI is InChI=1S/C6H15NO2/c1-5(2)3-7-4-6(8)9/h5-9H,3-4H2,1-2H3. The van der Waals surface area contributed by atoms with Crippen LogP contribution in [0.4, 0.5) is 0 Å². The van der Waals surface area contributed by atoms with E-state index in [0.29, 0.717) is 5.92 Å². The van der Waals surface area contributed by atoms with Gasteiger partial charge in [-0.25, -0.2) is 0 Å². The van der Waals surface area contributed by atoms with Gasteiger partial charge < -0.3 is 15.5 Å². The quantitative estimate of drug-likeness (QED) is 0.455. The molecule has 0 unspecified atom stereocenters. The molecule has 0 radical (unpaired) electrons. The summed E-state index contributed by atoms with van der Waals surface area (Å²) < 4.78 is 0. The lowest BCUT2D eigenvalue weighted by Gasteiger charge is -2.07. The Balaban J connectivity index is 2.91. The maximum absolute atomic E-state index is 8.36. The zero-order chi connectivity index (χ0) is 7.28. The van der Waals surface area contributed by atoms with Crippen LogP contribution in [-0.2, 0) is 0 Å². The summed E-state index contributed by atoms with van der Waals surface area (Å²) >= 11 is 0. The van der Waals surface area contributed by atoms with E-state index in [0.717, 1.165) is 6.54 Å². The molecule has 0 aromatic rings. The first kappa shape index (κ1) is 8.88. The van der Waals surface area contributed by atoms with Crippen molar-refractivity contribution in [1.82, 2.24) is 5.32 Å². The van der Waals surface area contributed by atoms with Crippen LogP contribution < -0.4 is 5.32 Å². The average molecular weight is 133 g/mol. The predicted octanol–water partition coefficient (Wildman–Crippen LogP) is -0.457. The molecule has 0 aliphatic heterocycles. The van der Waals surface area contributed by atoms with E-state index in [-0.39, 0.29) is 6.54 Å². The minimum absolute atomic E-state index is 0.262. The highest BCUT2D eigenvalue weighted by Gasteiger charge is 1.96. The maximum atomic E-state index is 8.36. The Morgan fingerprint density at radius 1 is 1.22 bits per heavy atom. The van der Waals surface area contributed by atoms with Gasteiger partial charge in [0.05, 0.1) is 0 Å². The summed E-state index contributed by atoms with van der Waals surface area (Å²) in [7, 11) is 0. The van der Waals surface area contributed by atoms with Gasteiger partial charge in [-0.1, -0.05) is 13.8 Å². The summed E-state index contributed by atoms with van der Waals surface area (Å²) in [6.07, 6.45) is -1.22. The first-order valence-corrected chi connectivity index (χ1v) is 3.19. The second kappa shape index (κ2) is 4.73. The van der Waals surface area contributed by atoms with E-state index in [4.69, 9.17) is 10.2 Å². The van der Waals surface area contributed by atoms with Crippen molar-refractivity contribution in [2.75, 3.05) is 13.1 Å². The normalized spacial score (nSPS) is 11.3. The number of hydrogen-bond acceptors (Lipinski definition) is 3. The Morgan fingerprint density at radius 3 is 2.11 bits per heavy atom. The minimum Gasteiger partial charge on any atom is -0.367 e. The Hall–Kier alpha value is -0.120. The molecule has 0 aliphatic carbocycles. The fourth-order valence-corrected chi connectivity index (χ4v) is 0.501. The van der Waals surface area contributed by atoms with Gasteiger partial charge in [0.2, 0.25) is 0 Å². The molecular weight excluding hydrogens is 118 g/mol. The molecule has 3 nitrogen and oxygen atoms in total. The van der Waals surface area contributed by atoms with E-state index in [1.54, 1.807) is 0 Å². The zero-order valence-corrected chi connectivity index (χ0v) is 5.96. The third kappa shape index (κ3) is 7.88. The van der Waals surface area contributed by atoms with Crippen molar-refractivity contribution in [2.24, 2.45) is 5.92 Å². The van der Waals surface area contributed by atoms with Gasteiger partial charge in [0.15, 0.2) is 6.29 Å². The topological polar surface area (TPSA) is 52.5 Å². The minimum atomic E-state index is -1.22. The van der Waals surface area contributed by atoms with E-state index in [1.165, 1.54) is 0 Å². The van der Waals surface area contributed by atoms with Crippen LogP contribution in [0.5, 0.6) is 0 Å². The number of aliphatic hydroxyl groups excluding tert-OH is 1. The lowest BCUT2D eigenvalue weighted by Crippen LogP contribution is -2.29. The Morgan fingerprint density at radius 2 is 1.78 bits per heavy atom. The molecule has 0 spiro atoms. The second-order valence-corrected chi connectivity index (χ2v) is 2.53. The molecule has 0 saturated carbocycles. The van der Waals surface area contributed by atoms with Gasteiger partial charge in [-0.3, -0.25) is 0 Å². The highest BCUT2D eigenvalue weighted by atomic mass is 16.5. The Kier molecular flexibility index (Phi) is 4.67. The van der Waals surface area contributed by atoms with Crippen LogP contribution in [0.15, 0.2) is 0 Å². The van der Waals surface area contributed by atoms with Crippen molar-refractivity contribution < 1.29 is 10.2 Å². The van der Waals surface area contributed by atoms with Crippen molar-refractivity contribution in [2.45, 2.75) is 20.1 Å². The van der Waals surface area contributed by atoms with E-state index in [9.17, 15) is 0 Å². The Labute approximate surface area is 55.7 Å².